The van der Waals surface area contributed by atoms with E-state index >= 15 is 0 Å². The van der Waals surface area contributed by atoms with E-state index in [9.17, 15) is 13.2 Å². The Hall–Kier alpha value is -3.45. The second-order valence-electron chi connectivity index (χ2n) is 5.99. The van der Waals surface area contributed by atoms with Crippen LogP contribution in [0.3, 0.4) is 0 Å². The minimum absolute atomic E-state index is 0.130. The lowest BCUT2D eigenvalue weighted by Crippen LogP contribution is -2.18. The molecule has 28 heavy (non-hydrogen) atoms. The number of hydrogen-bond acceptors (Lipinski definition) is 5. The predicted octanol–water partition coefficient (Wildman–Crippen LogP) is 3.53. The lowest BCUT2D eigenvalue weighted by Gasteiger charge is -2.05. The van der Waals surface area contributed by atoms with Crippen LogP contribution in [0.5, 0.6) is 5.75 Å². The quantitative estimate of drug-likeness (QED) is 0.300. The summed E-state index contributed by atoms with van der Waals surface area (Å²) in [7, 11) is -3.71. The standard InChI is InChI=1S/C21H18N2O4S/c1-16-6-5-7-18(14-16)21(24)27-19-12-10-17(11-13-19)15-22-23-28(25,26)20-8-3-2-4-9-20/h2-15,23H,1H3/b22-15+. The van der Waals surface area contributed by atoms with E-state index in [1.165, 1.54) is 18.3 Å². The molecule has 1 N–H and O–H groups in total. The van der Waals surface area contributed by atoms with Crippen molar-refractivity contribution in [3.63, 3.8) is 0 Å². The van der Waals surface area contributed by atoms with Crippen LogP contribution >= 0.6 is 0 Å². The topological polar surface area (TPSA) is 84.8 Å². The van der Waals surface area contributed by atoms with Gasteiger partial charge < -0.3 is 4.74 Å². The van der Waals surface area contributed by atoms with E-state index in [-0.39, 0.29) is 4.90 Å². The molecule has 0 aliphatic carbocycles. The molecule has 0 bridgehead atoms. The molecule has 0 saturated carbocycles. The lowest BCUT2D eigenvalue weighted by molar-refractivity contribution is 0.0734. The van der Waals surface area contributed by atoms with Gasteiger partial charge in [-0.3, -0.25) is 0 Å². The van der Waals surface area contributed by atoms with Gasteiger partial charge in [-0.15, -0.1) is 0 Å². The summed E-state index contributed by atoms with van der Waals surface area (Å²) in [5.74, 6) is -0.0609. The third-order valence-corrected chi connectivity index (χ3v) is 5.02. The highest BCUT2D eigenvalue weighted by molar-refractivity contribution is 7.89. The van der Waals surface area contributed by atoms with E-state index in [1.807, 2.05) is 13.0 Å². The van der Waals surface area contributed by atoms with E-state index < -0.39 is 16.0 Å². The summed E-state index contributed by atoms with van der Waals surface area (Å²) in [5.41, 5.74) is 2.09. The SMILES string of the molecule is Cc1cccc(C(=O)Oc2ccc(/C=N/NS(=O)(=O)c3ccccc3)cc2)c1. The molecule has 3 aromatic rings. The average molecular weight is 394 g/mol. The molecule has 0 fully saturated rings. The van der Waals surface area contributed by atoms with Crippen molar-refractivity contribution in [2.45, 2.75) is 11.8 Å². The molecule has 0 amide bonds. The van der Waals surface area contributed by atoms with E-state index in [1.54, 1.807) is 60.7 Å². The zero-order chi connectivity index (χ0) is 20.0. The van der Waals surface area contributed by atoms with Crippen molar-refractivity contribution in [3.05, 3.63) is 95.6 Å². The van der Waals surface area contributed by atoms with Crippen LogP contribution in [0.4, 0.5) is 0 Å². The molecule has 0 aliphatic rings. The summed E-state index contributed by atoms with van der Waals surface area (Å²) < 4.78 is 29.5. The Morgan fingerprint density at radius 2 is 1.68 bits per heavy atom. The van der Waals surface area contributed by atoms with E-state index in [0.717, 1.165) is 5.56 Å². The summed E-state index contributed by atoms with van der Waals surface area (Å²) >= 11 is 0. The van der Waals surface area contributed by atoms with Gasteiger partial charge in [0.05, 0.1) is 16.7 Å². The number of nitrogens with one attached hydrogen (secondary N) is 1. The first-order valence-electron chi connectivity index (χ1n) is 8.43. The Balaban J connectivity index is 1.61. The highest BCUT2D eigenvalue weighted by Gasteiger charge is 2.11. The molecule has 0 saturated heterocycles. The Bertz CT molecular complexity index is 1090. The van der Waals surface area contributed by atoms with Crippen LogP contribution in [0.25, 0.3) is 0 Å². The predicted molar refractivity (Wildman–Crippen MR) is 107 cm³/mol. The largest absolute Gasteiger partial charge is 0.423 e. The molecule has 0 radical (unpaired) electrons. The van der Waals surface area contributed by atoms with Gasteiger partial charge in [0.1, 0.15) is 5.75 Å². The Kier molecular flexibility index (Phi) is 5.86. The molecule has 0 heterocycles. The molecule has 0 atom stereocenters. The fourth-order valence-corrected chi connectivity index (χ4v) is 3.19. The molecule has 3 rings (SSSR count). The van der Waals surface area contributed by atoms with Crippen molar-refractivity contribution in [3.8, 4) is 5.75 Å². The van der Waals surface area contributed by atoms with Crippen LogP contribution in [0.1, 0.15) is 21.5 Å². The molecule has 3 aromatic carbocycles. The fourth-order valence-electron chi connectivity index (χ4n) is 2.38. The van der Waals surface area contributed by atoms with Gasteiger partial charge >= 0.3 is 5.97 Å². The molecule has 142 valence electrons. The second kappa shape index (κ2) is 8.49. The minimum atomic E-state index is -3.71. The first-order chi connectivity index (χ1) is 13.4. The van der Waals surface area contributed by atoms with Crippen LogP contribution < -0.4 is 9.57 Å². The molecular formula is C21H18N2O4S. The van der Waals surface area contributed by atoms with Gasteiger partial charge in [-0.25, -0.2) is 9.63 Å². The van der Waals surface area contributed by atoms with Crippen LogP contribution in [0.15, 0.2) is 88.9 Å². The number of carbonyl (C=O) groups excluding carboxylic acids is 1. The molecule has 6 nitrogen and oxygen atoms in total. The number of hydrazone groups is 1. The Morgan fingerprint density at radius 1 is 0.964 bits per heavy atom. The van der Waals surface area contributed by atoms with Crippen LogP contribution in [-0.2, 0) is 10.0 Å². The smallest absolute Gasteiger partial charge is 0.343 e. The maximum Gasteiger partial charge on any atom is 0.343 e. The van der Waals surface area contributed by atoms with Crippen molar-refractivity contribution in [2.24, 2.45) is 5.10 Å². The number of aryl methyl sites for hydroxylation is 1. The minimum Gasteiger partial charge on any atom is -0.423 e. The van der Waals surface area contributed by atoms with E-state index in [2.05, 4.69) is 9.93 Å². The van der Waals surface area contributed by atoms with Gasteiger partial charge in [0.2, 0.25) is 0 Å². The molecule has 0 unspecified atom stereocenters. The zero-order valence-corrected chi connectivity index (χ0v) is 15.9. The van der Waals surface area contributed by atoms with Crippen molar-refractivity contribution in [1.29, 1.82) is 0 Å². The maximum atomic E-state index is 12.1. The summed E-state index contributed by atoms with van der Waals surface area (Å²) in [4.78, 5) is 14.4. The first-order valence-corrected chi connectivity index (χ1v) is 9.91. The van der Waals surface area contributed by atoms with Crippen molar-refractivity contribution < 1.29 is 17.9 Å². The normalized spacial score (nSPS) is 11.3. The first kappa shape index (κ1) is 19.3. The average Bonchev–Trinajstić information content (AvgIpc) is 2.70. The van der Waals surface area contributed by atoms with Crippen molar-refractivity contribution >= 4 is 22.2 Å². The van der Waals surface area contributed by atoms with Crippen molar-refractivity contribution in [1.82, 2.24) is 4.83 Å². The van der Waals surface area contributed by atoms with E-state index in [4.69, 9.17) is 4.74 Å². The number of nitrogens with zero attached hydrogens (tertiary/aromatic N) is 1. The second-order valence-corrected chi connectivity index (χ2v) is 7.65. The number of carbonyl (C=O) groups is 1. The summed E-state index contributed by atoms with van der Waals surface area (Å²) in [6, 6.07) is 21.7. The number of ether oxygens (including phenoxy) is 1. The van der Waals surface area contributed by atoms with E-state index in [0.29, 0.717) is 16.9 Å². The number of sulfonamides is 1. The third-order valence-electron chi connectivity index (χ3n) is 3.78. The van der Waals surface area contributed by atoms with Gasteiger partial charge in [0.25, 0.3) is 10.0 Å². The third kappa shape index (κ3) is 5.05. The lowest BCUT2D eigenvalue weighted by atomic mass is 10.1. The van der Waals surface area contributed by atoms with Crippen LogP contribution in [-0.4, -0.2) is 20.6 Å². The Labute approximate surface area is 163 Å². The highest BCUT2D eigenvalue weighted by Crippen LogP contribution is 2.14. The van der Waals surface area contributed by atoms with Crippen LogP contribution in [0, 0.1) is 6.92 Å². The molecule has 0 spiro atoms. The monoisotopic (exact) mass is 394 g/mol. The van der Waals surface area contributed by atoms with Gasteiger partial charge in [0.15, 0.2) is 0 Å². The maximum absolute atomic E-state index is 12.1. The molecular weight excluding hydrogens is 376 g/mol. The molecule has 7 heteroatoms. The number of hydrogen-bond donors (Lipinski definition) is 1. The van der Waals surface area contributed by atoms with Gasteiger partial charge in [0, 0.05) is 0 Å². The zero-order valence-electron chi connectivity index (χ0n) is 15.1. The van der Waals surface area contributed by atoms with Gasteiger partial charge in [-0.05, 0) is 61.0 Å². The Morgan fingerprint density at radius 3 is 2.36 bits per heavy atom. The van der Waals surface area contributed by atoms with Crippen molar-refractivity contribution in [2.75, 3.05) is 0 Å². The number of esters is 1. The highest BCUT2D eigenvalue weighted by atomic mass is 32.2. The molecule has 0 aromatic heterocycles. The van der Waals surface area contributed by atoms with Crippen LogP contribution in [0.2, 0.25) is 0 Å². The van der Waals surface area contributed by atoms with Gasteiger partial charge in [-0.1, -0.05) is 35.9 Å². The number of rotatable bonds is 6. The summed E-state index contributed by atoms with van der Waals surface area (Å²) in [5, 5.41) is 3.77. The molecule has 0 aliphatic heterocycles. The fraction of sp³-hybridized carbons (Fsp3) is 0.0476. The van der Waals surface area contributed by atoms with Gasteiger partial charge in [-0.2, -0.15) is 13.5 Å². The summed E-state index contributed by atoms with van der Waals surface area (Å²) in [6.45, 7) is 1.90. The number of benzene rings is 3. The summed E-state index contributed by atoms with van der Waals surface area (Å²) in [6.07, 6.45) is 1.37.